The summed E-state index contributed by atoms with van der Waals surface area (Å²) in [4.78, 5) is 0. The Morgan fingerprint density at radius 3 is 2.38 bits per heavy atom. The van der Waals surface area contributed by atoms with Gasteiger partial charge in [0.1, 0.15) is 12.4 Å². The average Bonchev–Trinajstić information content (AvgIpc) is 2.46. The Morgan fingerprint density at radius 1 is 1.05 bits per heavy atom. The highest BCUT2D eigenvalue weighted by Crippen LogP contribution is 2.30. The molecule has 0 unspecified atom stereocenters. The van der Waals surface area contributed by atoms with E-state index in [9.17, 15) is 0 Å². The van der Waals surface area contributed by atoms with E-state index in [1.807, 2.05) is 12.1 Å². The summed E-state index contributed by atoms with van der Waals surface area (Å²) in [5.41, 5.74) is 4.99. The lowest BCUT2D eigenvalue weighted by atomic mass is 10.0. The largest absolute Gasteiger partial charge is 0.487 e. The average molecular weight is 348 g/mol. The second-order valence-electron chi connectivity index (χ2n) is 5.17. The Kier molecular flexibility index (Phi) is 5.83. The van der Waals surface area contributed by atoms with Crippen LogP contribution in [0.25, 0.3) is 0 Å². The molecule has 0 aliphatic carbocycles. The molecule has 0 aliphatic rings. The molecule has 0 radical (unpaired) electrons. The molecule has 2 aromatic carbocycles. The summed E-state index contributed by atoms with van der Waals surface area (Å²) in [7, 11) is 0. The Labute approximate surface area is 135 Å². The van der Waals surface area contributed by atoms with E-state index >= 15 is 0 Å². The van der Waals surface area contributed by atoms with Crippen molar-refractivity contribution in [1.29, 1.82) is 0 Å². The van der Waals surface area contributed by atoms with E-state index in [1.54, 1.807) is 0 Å². The van der Waals surface area contributed by atoms with Crippen LogP contribution in [-0.4, -0.2) is 6.54 Å². The number of benzene rings is 2. The molecular weight excluding hydrogens is 326 g/mol. The topological polar surface area (TPSA) is 21.3 Å². The Morgan fingerprint density at radius 2 is 1.71 bits per heavy atom. The zero-order valence-corrected chi connectivity index (χ0v) is 14.5. The van der Waals surface area contributed by atoms with Gasteiger partial charge in [-0.15, -0.1) is 0 Å². The first-order chi connectivity index (χ1) is 10.1. The van der Waals surface area contributed by atoms with E-state index in [4.69, 9.17) is 4.74 Å². The lowest BCUT2D eigenvalue weighted by molar-refractivity contribution is 0.298. The minimum atomic E-state index is 0.597. The molecular formula is C18H22BrNO. The molecule has 1 N–H and O–H groups in total. The molecule has 2 rings (SSSR count). The summed E-state index contributed by atoms with van der Waals surface area (Å²) in [5, 5.41) is 3.35. The third-order valence-corrected chi connectivity index (χ3v) is 4.24. The van der Waals surface area contributed by atoms with Gasteiger partial charge in [-0.2, -0.15) is 0 Å². The fraction of sp³-hybridized carbons (Fsp3) is 0.333. The Bertz CT molecular complexity index is 590. The van der Waals surface area contributed by atoms with E-state index < -0.39 is 0 Å². The SMILES string of the molecule is CCNCc1cccc(Br)c1OCc1c(C)cccc1C. The maximum absolute atomic E-state index is 6.13. The number of nitrogens with one attached hydrogen (secondary N) is 1. The third kappa shape index (κ3) is 4.08. The van der Waals surface area contributed by atoms with Gasteiger partial charge < -0.3 is 10.1 Å². The molecule has 0 saturated heterocycles. The lowest BCUT2D eigenvalue weighted by Gasteiger charge is -2.16. The van der Waals surface area contributed by atoms with Crippen molar-refractivity contribution in [3.05, 3.63) is 63.1 Å². The number of hydrogen-bond donors (Lipinski definition) is 1. The van der Waals surface area contributed by atoms with Crippen molar-refractivity contribution >= 4 is 15.9 Å². The summed E-state index contributed by atoms with van der Waals surface area (Å²) in [5.74, 6) is 0.932. The van der Waals surface area contributed by atoms with Gasteiger partial charge in [0.2, 0.25) is 0 Å². The molecule has 0 spiro atoms. The van der Waals surface area contributed by atoms with Crippen LogP contribution in [0.4, 0.5) is 0 Å². The highest BCUT2D eigenvalue weighted by atomic mass is 79.9. The highest BCUT2D eigenvalue weighted by molar-refractivity contribution is 9.10. The first-order valence-corrected chi connectivity index (χ1v) is 8.08. The Balaban J connectivity index is 2.19. The maximum Gasteiger partial charge on any atom is 0.138 e. The van der Waals surface area contributed by atoms with Crippen LogP contribution in [0.3, 0.4) is 0 Å². The number of para-hydroxylation sites is 1. The van der Waals surface area contributed by atoms with Crippen LogP contribution >= 0.6 is 15.9 Å². The van der Waals surface area contributed by atoms with Crippen LogP contribution in [0, 0.1) is 13.8 Å². The van der Waals surface area contributed by atoms with Gasteiger partial charge in [-0.05, 0) is 59.1 Å². The molecule has 21 heavy (non-hydrogen) atoms. The van der Waals surface area contributed by atoms with Crippen molar-refractivity contribution in [1.82, 2.24) is 5.32 Å². The predicted octanol–water partition coefficient (Wildman–Crippen LogP) is 4.75. The molecule has 0 bridgehead atoms. The molecule has 112 valence electrons. The van der Waals surface area contributed by atoms with Gasteiger partial charge in [0, 0.05) is 12.1 Å². The van der Waals surface area contributed by atoms with Gasteiger partial charge in [0.25, 0.3) is 0 Å². The highest BCUT2D eigenvalue weighted by Gasteiger charge is 2.10. The van der Waals surface area contributed by atoms with Gasteiger partial charge in [-0.25, -0.2) is 0 Å². The van der Waals surface area contributed by atoms with Crippen molar-refractivity contribution in [2.45, 2.75) is 33.9 Å². The van der Waals surface area contributed by atoms with Crippen LogP contribution in [-0.2, 0) is 13.2 Å². The molecule has 0 atom stereocenters. The molecule has 0 fully saturated rings. The van der Waals surface area contributed by atoms with Crippen molar-refractivity contribution in [3.8, 4) is 5.75 Å². The number of rotatable bonds is 6. The van der Waals surface area contributed by atoms with Crippen LogP contribution in [0.1, 0.15) is 29.2 Å². The first kappa shape index (κ1) is 16.1. The minimum Gasteiger partial charge on any atom is -0.487 e. The van der Waals surface area contributed by atoms with Crippen molar-refractivity contribution in [2.24, 2.45) is 0 Å². The number of halogens is 1. The zero-order valence-electron chi connectivity index (χ0n) is 12.9. The number of aryl methyl sites for hydroxylation is 2. The van der Waals surface area contributed by atoms with E-state index in [0.29, 0.717) is 6.61 Å². The molecule has 0 heterocycles. The molecule has 0 aliphatic heterocycles. The van der Waals surface area contributed by atoms with Gasteiger partial charge in [0.15, 0.2) is 0 Å². The molecule has 0 amide bonds. The van der Waals surface area contributed by atoms with Crippen LogP contribution in [0.5, 0.6) is 5.75 Å². The fourth-order valence-electron chi connectivity index (χ4n) is 2.34. The zero-order chi connectivity index (χ0) is 15.2. The van der Waals surface area contributed by atoms with Crippen molar-refractivity contribution < 1.29 is 4.74 Å². The summed E-state index contributed by atoms with van der Waals surface area (Å²) in [6.07, 6.45) is 0. The molecule has 0 saturated carbocycles. The van der Waals surface area contributed by atoms with E-state index in [1.165, 1.54) is 22.3 Å². The summed E-state index contributed by atoms with van der Waals surface area (Å²) < 4.78 is 7.13. The molecule has 2 nitrogen and oxygen atoms in total. The quantitative estimate of drug-likeness (QED) is 0.813. The first-order valence-electron chi connectivity index (χ1n) is 7.29. The molecule has 0 aromatic heterocycles. The fourth-order valence-corrected chi connectivity index (χ4v) is 2.86. The van der Waals surface area contributed by atoms with Gasteiger partial charge >= 0.3 is 0 Å². The summed E-state index contributed by atoms with van der Waals surface area (Å²) in [6, 6.07) is 12.5. The van der Waals surface area contributed by atoms with Gasteiger partial charge in [-0.3, -0.25) is 0 Å². The third-order valence-electron chi connectivity index (χ3n) is 3.62. The van der Waals surface area contributed by atoms with Crippen molar-refractivity contribution in [3.63, 3.8) is 0 Å². The van der Waals surface area contributed by atoms with Crippen LogP contribution < -0.4 is 10.1 Å². The van der Waals surface area contributed by atoms with E-state index in [-0.39, 0.29) is 0 Å². The standard InChI is InChI=1S/C18H22BrNO/c1-4-20-11-15-9-6-10-17(19)18(15)21-12-16-13(2)7-5-8-14(16)3/h5-10,20H,4,11-12H2,1-3H3. The number of hydrogen-bond acceptors (Lipinski definition) is 2. The second kappa shape index (κ2) is 7.62. The molecule has 2 aromatic rings. The monoisotopic (exact) mass is 347 g/mol. The lowest BCUT2D eigenvalue weighted by Crippen LogP contribution is -2.13. The second-order valence-corrected chi connectivity index (χ2v) is 6.02. The summed E-state index contributed by atoms with van der Waals surface area (Å²) in [6.45, 7) is 8.73. The van der Waals surface area contributed by atoms with Gasteiger partial charge in [-0.1, -0.05) is 37.3 Å². The summed E-state index contributed by atoms with van der Waals surface area (Å²) >= 11 is 3.60. The van der Waals surface area contributed by atoms with Crippen LogP contribution in [0.15, 0.2) is 40.9 Å². The smallest absolute Gasteiger partial charge is 0.138 e. The molecule has 3 heteroatoms. The van der Waals surface area contributed by atoms with E-state index in [2.05, 4.69) is 66.3 Å². The number of ether oxygens (including phenoxy) is 1. The van der Waals surface area contributed by atoms with Crippen LogP contribution in [0.2, 0.25) is 0 Å². The normalized spacial score (nSPS) is 10.7. The minimum absolute atomic E-state index is 0.597. The van der Waals surface area contributed by atoms with Gasteiger partial charge in [0.05, 0.1) is 4.47 Å². The Hall–Kier alpha value is -1.32. The van der Waals surface area contributed by atoms with Crippen molar-refractivity contribution in [2.75, 3.05) is 6.54 Å². The van der Waals surface area contributed by atoms with E-state index in [0.717, 1.165) is 23.3 Å². The predicted molar refractivity (Wildman–Crippen MR) is 91.8 cm³/mol. The maximum atomic E-state index is 6.13.